The minimum absolute atomic E-state index is 0.0640. The predicted octanol–water partition coefficient (Wildman–Crippen LogP) is 19.1. The fourth-order valence-corrected chi connectivity index (χ4v) is 8.97. The molecule has 0 radical (unpaired) electrons. The van der Waals surface area contributed by atoms with E-state index in [0.29, 0.717) is 19.3 Å². The lowest BCUT2D eigenvalue weighted by atomic mass is 9.99. The average Bonchev–Trinajstić information content (AvgIpc) is 3.28. The molecule has 0 aromatic heterocycles. The fourth-order valence-electron chi connectivity index (χ4n) is 8.97. The van der Waals surface area contributed by atoms with Gasteiger partial charge in [0.15, 0.2) is 6.10 Å². The molecule has 0 saturated carbocycles. The molecule has 2 atom stereocenters. The largest absolute Gasteiger partial charge is 0.462 e. The molecule has 0 saturated heterocycles. The van der Waals surface area contributed by atoms with E-state index in [4.69, 9.17) is 14.2 Å². The van der Waals surface area contributed by atoms with Gasteiger partial charge in [-0.05, 0) is 37.0 Å². The second-order valence-corrected chi connectivity index (χ2v) is 21.5. The van der Waals surface area contributed by atoms with E-state index in [-0.39, 0.29) is 31.1 Å². The van der Waals surface area contributed by atoms with Gasteiger partial charge in [-0.3, -0.25) is 14.4 Å². The Morgan fingerprint density at radius 3 is 0.800 bits per heavy atom. The van der Waals surface area contributed by atoms with E-state index < -0.39 is 6.10 Å². The molecule has 0 aliphatic carbocycles. The van der Waals surface area contributed by atoms with Gasteiger partial charge >= 0.3 is 17.9 Å². The van der Waals surface area contributed by atoms with Gasteiger partial charge in [0.2, 0.25) is 0 Å². The number of hydrogen-bond donors (Lipinski definition) is 0. The van der Waals surface area contributed by atoms with Gasteiger partial charge in [0.25, 0.3) is 0 Å². The highest BCUT2D eigenvalue weighted by Crippen LogP contribution is 2.19. The summed E-state index contributed by atoms with van der Waals surface area (Å²) in [6.45, 7) is 13.8. The van der Waals surface area contributed by atoms with Gasteiger partial charge in [-0.2, -0.15) is 0 Å². The first-order valence-corrected chi connectivity index (χ1v) is 29.1. The van der Waals surface area contributed by atoms with Crippen LogP contribution in [0.2, 0.25) is 0 Å². The maximum Gasteiger partial charge on any atom is 0.306 e. The monoisotopic (exact) mass is 919 g/mol. The Bertz CT molecular complexity index is 1010. The summed E-state index contributed by atoms with van der Waals surface area (Å²) in [4.78, 5) is 38.1. The Labute approximate surface area is 406 Å². The lowest BCUT2D eigenvalue weighted by Gasteiger charge is -2.18. The topological polar surface area (TPSA) is 78.9 Å². The number of esters is 3. The van der Waals surface area contributed by atoms with Crippen molar-refractivity contribution in [2.45, 2.75) is 330 Å². The standard InChI is InChI=1S/C59H114O6/c1-7-55(6)47-41-35-29-22-18-14-11-12-16-20-24-31-37-43-49-58(61)64-52-56(65-59(62)50-44-38-32-26-25-28-34-40-46-54(4)5)51-63-57(60)48-42-36-30-23-19-15-10-8-9-13-17-21-27-33-39-45-53(2)3/h53-56H,7-52H2,1-6H3/t55?,56-/m1/s1. The molecule has 0 aromatic carbocycles. The van der Waals surface area contributed by atoms with Crippen LogP contribution in [-0.2, 0) is 28.6 Å². The summed E-state index contributed by atoms with van der Waals surface area (Å²) in [5, 5.41) is 0. The van der Waals surface area contributed by atoms with Crippen LogP contribution in [0.15, 0.2) is 0 Å². The van der Waals surface area contributed by atoms with Crippen molar-refractivity contribution < 1.29 is 28.6 Å². The van der Waals surface area contributed by atoms with Gasteiger partial charge in [-0.25, -0.2) is 0 Å². The Morgan fingerprint density at radius 2 is 0.538 bits per heavy atom. The van der Waals surface area contributed by atoms with Crippen molar-refractivity contribution in [2.24, 2.45) is 17.8 Å². The molecule has 1 unspecified atom stereocenters. The zero-order valence-corrected chi connectivity index (χ0v) is 44.8. The molecule has 6 heteroatoms. The van der Waals surface area contributed by atoms with Gasteiger partial charge in [-0.15, -0.1) is 0 Å². The fraction of sp³-hybridized carbons (Fsp3) is 0.949. The SMILES string of the molecule is CCC(C)CCCCCCCCCCCCCCCCC(=O)OC[C@@H](COC(=O)CCCCCCCCCCCCCCCCCC(C)C)OC(=O)CCCCCCCCCCC(C)C. The molecule has 0 bridgehead atoms. The minimum atomic E-state index is -0.764. The molecule has 0 aromatic rings. The smallest absolute Gasteiger partial charge is 0.306 e. The van der Waals surface area contributed by atoms with Crippen molar-refractivity contribution in [3.63, 3.8) is 0 Å². The summed E-state index contributed by atoms with van der Waals surface area (Å²) in [5.74, 6) is 1.69. The second kappa shape index (κ2) is 50.3. The molecular formula is C59H114O6. The van der Waals surface area contributed by atoms with Crippen molar-refractivity contribution in [3.05, 3.63) is 0 Å². The molecule has 0 amide bonds. The van der Waals surface area contributed by atoms with E-state index in [2.05, 4.69) is 41.5 Å². The molecule has 0 spiro atoms. The normalized spacial score (nSPS) is 12.6. The van der Waals surface area contributed by atoms with E-state index in [0.717, 1.165) is 75.5 Å². The molecule has 65 heavy (non-hydrogen) atoms. The van der Waals surface area contributed by atoms with Crippen LogP contribution in [0.1, 0.15) is 324 Å². The first-order chi connectivity index (χ1) is 31.6. The first kappa shape index (κ1) is 63.4. The molecule has 0 heterocycles. The highest BCUT2D eigenvalue weighted by Gasteiger charge is 2.19. The third-order valence-corrected chi connectivity index (χ3v) is 13.8. The Kier molecular flexibility index (Phi) is 49.1. The molecule has 0 aliphatic heterocycles. The lowest BCUT2D eigenvalue weighted by molar-refractivity contribution is -0.167. The van der Waals surface area contributed by atoms with Gasteiger partial charge < -0.3 is 14.2 Å². The van der Waals surface area contributed by atoms with Crippen LogP contribution in [0, 0.1) is 17.8 Å². The minimum Gasteiger partial charge on any atom is -0.462 e. The maximum absolute atomic E-state index is 12.8. The number of rotatable bonds is 52. The zero-order valence-electron chi connectivity index (χ0n) is 44.8. The van der Waals surface area contributed by atoms with Gasteiger partial charge in [0.1, 0.15) is 13.2 Å². The third-order valence-electron chi connectivity index (χ3n) is 13.8. The highest BCUT2D eigenvalue weighted by atomic mass is 16.6. The van der Waals surface area contributed by atoms with Gasteiger partial charge in [0.05, 0.1) is 0 Å². The van der Waals surface area contributed by atoms with E-state index in [1.807, 2.05) is 0 Å². The quantitative estimate of drug-likeness (QED) is 0.0344. The summed E-state index contributed by atoms with van der Waals surface area (Å²) in [7, 11) is 0. The number of unbranched alkanes of at least 4 members (excludes halogenated alkanes) is 34. The molecule has 6 nitrogen and oxygen atoms in total. The number of carbonyl (C=O) groups is 3. The van der Waals surface area contributed by atoms with Gasteiger partial charge in [-0.1, -0.05) is 286 Å². The Hall–Kier alpha value is -1.59. The molecule has 0 fully saturated rings. The van der Waals surface area contributed by atoms with Crippen molar-refractivity contribution in [1.82, 2.24) is 0 Å². The van der Waals surface area contributed by atoms with Crippen LogP contribution < -0.4 is 0 Å². The molecule has 0 rings (SSSR count). The third kappa shape index (κ3) is 51.6. The van der Waals surface area contributed by atoms with Crippen molar-refractivity contribution in [2.75, 3.05) is 13.2 Å². The zero-order chi connectivity index (χ0) is 47.7. The van der Waals surface area contributed by atoms with Crippen molar-refractivity contribution in [1.29, 1.82) is 0 Å². The Morgan fingerprint density at radius 1 is 0.308 bits per heavy atom. The molecule has 0 aliphatic rings. The molecule has 0 N–H and O–H groups in total. The van der Waals surface area contributed by atoms with Crippen LogP contribution >= 0.6 is 0 Å². The van der Waals surface area contributed by atoms with E-state index in [1.54, 1.807) is 0 Å². The summed E-state index contributed by atoms with van der Waals surface area (Å²) >= 11 is 0. The second-order valence-electron chi connectivity index (χ2n) is 21.5. The summed E-state index contributed by atoms with van der Waals surface area (Å²) < 4.78 is 16.9. The first-order valence-electron chi connectivity index (χ1n) is 29.1. The predicted molar refractivity (Wildman–Crippen MR) is 279 cm³/mol. The maximum atomic E-state index is 12.8. The number of ether oxygens (including phenoxy) is 3. The van der Waals surface area contributed by atoms with Crippen LogP contribution in [0.25, 0.3) is 0 Å². The van der Waals surface area contributed by atoms with Crippen molar-refractivity contribution >= 4 is 17.9 Å². The van der Waals surface area contributed by atoms with Crippen molar-refractivity contribution in [3.8, 4) is 0 Å². The van der Waals surface area contributed by atoms with E-state index >= 15 is 0 Å². The van der Waals surface area contributed by atoms with Crippen LogP contribution in [0.4, 0.5) is 0 Å². The lowest BCUT2D eigenvalue weighted by Crippen LogP contribution is -2.30. The summed E-state index contributed by atoms with van der Waals surface area (Å²) in [6.07, 6.45) is 52.4. The van der Waals surface area contributed by atoms with Gasteiger partial charge in [0, 0.05) is 19.3 Å². The average molecular weight is 920 g/mol. The summed E-state index contributed by atoms with van der Waals surface area (Å²) in [5.41, 5.74) is 0. The van der Waals surface area contributed by atoms with Crippen LogP contribution in [0.3, 0.4) is 0 Å². The van der Waals surface area contributed by atoms with Crippen LogP contribution in [0.5, 0.6) is 0 Å². The van der Waals surface area contributed by atoms with E-state index in [9.17, 15) is 14.4 Å². The number of hydrogen-bond acceptors (Lipinski definition) is 6. The highest BCUT2D eigenvalue weighted by molar-refractivity contribution is 5.71. The van der Waals surface area contributed by atoms with Crippen LogP contribution in [-0.4, -0.2) is 37.2 Å². The number of carbonyl (C=O) groups excluding carboxylic acids is 3. The Balaban J connectivity index is 4.24. The van der Waals surface area contributed by atoms with E-state index in [1.165, 1.54) is 205 Å². The molecular weight excluding hydrogens is 805 g/mol. The summed E-state index contributed by atoms with van der Waals surface area (Å²) in [6, 6.07) is 0. The molecule has 386 valence electrons.